The maximum atomic E-state index is 13.3. The van der Waals surface area contributed by atoms with Gasteiger partial charge in [-0.3, -0.25) is 14.6 Å². The molecule has 1 N–H and O–H groups in total. The molecule has 2 aliphatic rings. The molecule has 8 nitrogen and oxygen atoms in total. The Hall–Kier alpha value is -4.11. The minimum absolute atomic E-state index is 0.112. The van der Waals surface area contributed by atoms with E-state index in [2.05, 4.69) is 21.3 Å². The van der Waals surface area contributed by atoms with Crippen LogP contribution in [0.5, 0.6) is 5.75 Å². The number of pyridine rings is 1. The van der Waals surface area contributed by atoms with Crippen molar-refractivity contribution in [2.45, 2.75) is 6.92 Å². The number of hydrogen-bond acceptors (Lipinski definition) is 7. The van der Waals surface area contributed by atoms with E-state index in [1.54, 1.807) is 35.3 Å². The maximum Gasteiger partial charge on any atom is 0.272 e. The van der Waals surface area contributed by atoms with Gasteiger partial charge in [-0.05, 0) is 60.9 Å². The zero-order valence-corrected chi connectivity index (χ0v) is 22.4. The number of aliphatic imine (C=N–C) groups is 1. The van der Waals surface area contributed by atoms with Crippen LogP contribution in [0.4, 0.5) is 5.69 Å². The molecule has 0 unspecified atom stereocenters. The molecule has 0 aliphatic carbocycles. The lowest BCUT2D eigenvalue weighted by molar-refractivity contribution is 0.0530. The Morgan fingerprint density at radius 2 is 1.76 bits per heavy atom. The van der Waals surface area contributed by atoms with Crippen molar-refractivity contribution >= 4 is 35.7 Å². The molecular formula is C29H31N5O3S. The number of benzene rings is 1. The topological polar surface area (TPSA) is 87.1 Å². The molecule has 1 aromatic carbocycles. The summed E-state index contributed by atoms with van der Waals surface area (Å²) in [5.41, 5.74) is 3.42. The molecule has 1 fully saturated rings. The van der Waals surface area contributed by atoms with Crippen molar-refractivity contribution in [2.75, 3.05) is 44.6 Å². The number of nitrogens with zero attached hydrogens (tertiary/aromatic N) is 4. The lowest BCUT2D eigenvalue weighted by atomic mass is 10.1. The first-order chi connectivity index (χ1) is 18.4. The normalized spacial score (nSPS) is 19.6. The molecule has 9 heteroatoms. The van der Waals surface area contributed by atoms with Crippen LogP contribution in [0.1, 0.15) is 26.5 Å². The van der Waals surface area contributed by atoms with Gasteiger partial charge in [0.1, 0.15) is 11.4 Å². The molecule has 0 radical (unpaired) electrons. The molecule has 2 aromatic rings. The zero-order chi connectivity index (χ0) is 26.9. The third-order valence-electron chi connectivity index (χ3n) is 6.03. The molecule has 0 saturated carbocycles. The fourth-order valence-corrected chi connectivity index (χ4v) is 4.65. The lowest BCUT2D eigenvalue weighted by Crippen LogP contribution is -2.50. The standard InChI is InChI=1S/C29H31N5O3S/c1-21-7-4-10-24(20-30-14-6-8-21)38-32-23-12-13-25(27(19-23)37-3)28(35)33-15-17-34(18-16-33)29(36)26-11-5-9-22(2)31-26/h4-14,19,32H,1,15-18,20H2,2-3H3/b7-4-,8-6-,24-10+,30-14-. The van der Waals surface area contributed by atoms with E-state index in [4.69, 9.17) is 4.74 Å². The monoisotopic (exact) mass is 529 g/mol. The molecule has 38 heavy (non-hydrogen) atoms. The van der Waals surface area contributed by atoms with Gasteiger partial charge < -0.3 is 19.3 Å². The van der Waals surface area contributed by atoms with Crippen LogP contribution in [-0.4, -0.2) is 72.6 Å². The van der Waals surface area contributed by atoms with Crippen molar-refractivity contribution < 1.29 is 14.3 Å². The van der Waals surface area contributed by atoms with Gasteiger partial charge in [-0.1, -0.05) is 30.9 Å². The zero-order valence-electron chi connectivity index (χ0n) is 21.6. The Bertz CT molecular complexity index is 1320. The number of allylic oxidation sites excluding steroid dienone is 6. The Labute approximate surface area is 227 Å². The summed E-state index contributed by atoms with van der Waals surface area (Å²) in [5, 5.41) is 0. The Morgan fingerprint density at radius 3 is 2.50 bits per heavy atom. The predicted octanol–water partition coefficient (Wildman–Crippen LogP) is 4.69. The number of carbonyl (C=O) groups excluding carboxylic acids is 2. The van der Waals surface area contributed by atoms with Gasteiger partial charge in [-0.25, -0.2) is 4.98 Å². The number of rotatable bonds is 6. The van der Waals surface area contributed by atoms with Crippen molar-refractivity contribution in [1.29, 1.82) is 0 Å². The van der Waals surface area contributed by atoms with E-state index in [1.165, 1.54) is 11.9 Å². The van der Waals surface area contributed by atoms with Gasteiger partial charge in [0.2, 0.25) is 0 Å². The van der Waals surface area contributed by atoms with Gasteiger partial charge in [-0.15, -0.1) is 0 Å². The van der Waals surface area contributed by atoms with Gasteiger partial charge in [0, 0.05) is 54.7 Å². The van der Waals surface area contributed by atoms with Crippen molar-refractivity contribution in [3.63, 3.8) is 0 Å². The van der Waals surface area contributed by atoms with E-state index in [9.17, 15) is 9.59 Å². The van der Waals surface area contributed by atoms with E-state index < -0.39 is 0 Å². The first kappa shape index (κ1) is 26.9. The third-order valence-corrected chi connectivity index (χ3v) is 6.90. The fraction of sp³-hybridized carbons (Fsp3) is 0.241. The molecule has 4 rings (SSSR count). The van der Waals surface area contributed by atoms with Gasteiger partial charge in [0.05, 0.1) is 19.2 Å². The van der Waals surface area contributed by atoms with Crippen molar-refractivity contribution in [2.24, 2.45) is 4.99 Å². The number of methoxy groups -OCH3 is 1. The molecule has 2 aliphatic heterocycles. The molecule has 0 atom stereocenters. The lowest BCUT2D eigenvalue weighted by Gasteiger charge is -2.34. The average Bonchev–Trinajstić information content (AvgIpc) is 2.94. The summed E-state index contributed by atoms with van der Waals surface area (Å²) in [5.74, 6) is 0.256. The molecule has 196 valence electrons. The smallest absolute Gasteiger partial charge is 0.272 e. The number of aromatic nitrogens is 1. The highest BCUT2D eigenvalue weighted by Gasteiger charge is 2.27. The highest BCUT2D eigenvalue weighted by Crippen LogP contribution is 2.28. The van der Waals surface area contributed by atoms with E-state index in [0.717, 1.165) is 21.9 Å². The minimum atomic E-state index is -0.121. The first-order valence-corrected chi connectivity index (χ1v) is 13.1. The third kappa shape index (κ3) is 7.01. The van der Waals surface area contributed by atoms with E-state index >= 15 is 0 Å². The van der Waals surface area contributed by atoms with Crippen molar-refractivity contribution in [1.82, 2.24) is 14.8 Å². The number of piperazine rings is 1. The van der Waals surface area contributed by atoms with Crippen LogP contribution in [0.2, 0.25) is 0 Å². The molecule has 0 bridgehead atoms. The molecule has 1 saturated heterocycles. The summed E-state index contributed by atoms with van der Waals surface area (Å²) in [4.78, 5) is 39.4. The molecule has 2 amide bonds. The van der Waals surface area contributed by atoms with Crippen LogP contribution in [-0.2, 0) is 0 Å². The van der Waals surface area contributed by atoms with Crippen molar-refractivity contribution in [3.05, 3.63) is 101 Å². The summed E-state index contributed by atoms with van der Waals surface area (Å²) >= 11 is 1.45. The van der Waals surface area contributed by atoms with Crippen LogP contribution < -0.4 is 9.46 Å². The van der Waals surface area contributed by atoms with Crippen LogP contribution in [0.25, 0.3) is 0 Å². The summed E-state index contributed by atoms with van der Waals surface area (Å²) in [6.45, 7) is 8.15. The Morgan fingerprint density at radius 1 is 1.03 bits per heavy atom. The van der Waals surface area contributed by atoms with E-state index in [1.807, 2.05) is 61.6 Å². The number of hydrogen-bond donors (Lipinski definition) is 1. The number of aryl methyl sites for hydroxylation is 1. The SMILES string of the molecule is C=C1/C=C\C=N/C/C(SNc2ccc(C(=O)N3CCN(C(=O)c4cccc(C)n4)CC3)c(OC)c2)=C\C=C/1. The summed E-state index contributed by atoms with van der Waals surface area (Å²) in [7, 11) is 1.55. The van der Waals surface area contributed by atoms with Gasteiger partial charge in [0.15, 0.2) is 0 Å². The van der Waals surface area contributed by atoms with Crippen LogP contribution >= 0.6 is 11.9 Å². The molecule has 0 spiro atoms. The average molecular weight is 530 g/mol. The number of anilines is 1. The summed E-state index contributed by atoms with van der Waals surface area (Å²) in [6, 6.07) is 10.9. The second-order valence-corrected chi connectivity index (χ2v) is 9.72. The second kappa shape index (κ2) is 12.9. The van der Waals surface area contributed by atoms with E-state index in [-0.39, 0.29) is 11.8 Å². The number of nitrogens with one attached hydrogen (secondary N) is 1. The molecule has 1 aromatic heterocycles. The number of ether oxygens (including phenoxy) is 1. The summed E-state index contributed by atoms with van der Waals surface area (Å²) in [6.07, 6.45) is 11.4. The van der Waals surface area contributed by atoms with Gasteiger partial charge in [-0.2, -0.15) is 0 Å². The fourth-order valence-electron chi connectivity index (χ4n) is 3.99. The number of carbonyl (C=O) groups is 2. The second-order valence-electron chi connectivity index (χ2n) is 8.78. The van der Waals surface area contributed by atoms with Crippen LogP contribution in [0.15, 0.2) is 88.8 Å². The number of amides is 2. The molecular weight excluding hydrogens is 498 g/mol. The first-order valence-electron chi connectivity index (χ1n) is 12.3. The highest BCUT2D eigenvalue weighted by molar-refractivity contribution is 8.04. The predicted molar refractivity (Wildman–Crippen MR) is 154 cm³/mol. The van der Waals surface area contributed by atoms with Crippen molar-refractivity contribution in [3.8, 4) is 5.75 Å². The van der Waals surface area contributed by atoms with E-state index in [0.29, 0.717) is 49.7 Å². The quantitative estimate of drug-likeness (QED) is 0.546. The van der Waals surface area contributed by atoms with Crippen LogP contribution in [0.3, 0.4) is 0 Å². The minimum Gasteiger partial charge on any atom is -0.496 e. The highest BCUT2D eigenvalue weighted by atomic mass is 32.2. The van der Waals surface area contributed by atoms with Crippen LogP contribution in [0, 0.1) is 6.92 Å². The van der Waals surface area contributed by atoms with Gasteiger partial charge in [0.25, 0.3) is 11.8 Å². The molecule has 3 heterocycles. The largest absolute Gasteiger partial charge is 0.496 e. The Kier molecular flexibility index (Phi) is 9.16. The Balaban J connectivity index is 1.37. The maximum absolute atomic E-state index is 13.3. The van der Waals surface area contributed by atoms with Gasteiger partial charge >= 0.3 is 0 Å². The summed E-state index contributed by atoms with van der Waals surface area (Å²) < 4.78 is 8.87.